The second kappa shape index (κ2) is 7.86. The van der Waals surface area contributed by atoms with Crippen LogP contribution in [0, 0.1) is 11.3 Å². The van der Waals surface area contributed by atoms with Gasteiger partial charge < -0.3 is 5.32 Å². The van der Waals surface area contributed by atoms with E-state index < -0.39 is 0 Å². The lowest BCUT2D eigenvalue weighted by Crippen LogP contribution is -2.46. The first-order chi connectivity index (χ1) is 9.05. The molecule has 0 aromatic rings. The van der Waals surface area contributed by atoms with E-state index in [1.165, 1.54) is 19.3 Å². The van der Waals surface area contributed by atoms with Crippen LogP contribution in [-0.2, 0) is 0 Å². The third kappa shape index (κ3) is 4.77. The van der Waals surface area contributed by atoms with Crippen LogP contribution in [0.25, 0.3) is 0 Å². The fourth-order valence-corrected chi connectivity index (χ4v) is 3.38. The lowest BCUT2D eigenvalue weighted by molar-refractivity contribution is 0.202. The van der Waals surface area contributed by atoms with Gasteiger partial charge in [-0.2, -0.15) is 0 Å². The second-order valence-electron chi connectivity index (χ2n) is 6.52. The molecule has 0 aliphatic heterocycles. The van der Waals surface area contributed by atoms with E-state index in [2.05, 4.69) is 44.1 Å². The maximum absolute atomic E-state index is 3.86. The first-order valence-corrected chi connectivity index (χ1v) is 7.72. The normalized spacial score (nSPS) is 25.7. The molecule has 1 rings (SSSR count). The molecule has 1 N–H and O–H groups in total. The van der Waals surface area contributed by atoms with Crippen molar-refractivity contribution in [3.63, 3.8) is 0 Å². The van der Waals surface area contributed by atoms with Crippen LogP contribution < -0.4 is 5.32 Å². The molecule has 1 saturated carbocycles. The minimum atomic E-state index is 0.424. The molecular weight excluding hydrogens is 232 g/mol. The summed E-state index contributed by atoms with van der Waals surface area (Å²) in [4.78, 5) is 2.45. The van der Waals surface area contributed by atoms with E-state index in [-0.39, 0.29) is 0 Å². The molecule has 2 heteroatoms. The van der Waals surface area contributed by atoms with E-state index in [1.807, 2.05) is 12.2 Å². The minimum absolute atomic E-state index is 0.424. The van der Waals surface area contributed by atoms with Crippen LogP contribution in [0.1, 0.15) is 40.0 Å². The van der Waals surface area contributed by atoms with E-state index in [9.17, 15) is 0 Å². The molecule has 0 spiro atoms. The quantitative estimate of drug-likeness (QED) is 0.642. The van der Waals surface area contributed by atoms with Gasteiger partial charge in [0.2, 0.25) is 0 Å². The van der Waals surface area contributed by atoms with Crippen LogP contribution in [0.2, 0.25) is 0 Å². The smallest absolute Gasteiger partial charge is 0.0164 e. The molecule has 0 saturated heterocycles. The Balaban J connectivity index is 2.63. The van der Waals surface area contributed by atoms with Crippen LogP contribution in [-0.4, -0.2) is 37.1 Å². The first kappa shape index (κ1) is 16.5. The van der Waals surface area contributed by atoms with Gasteiger partial charge in [-0.3, -0.25) is 4.90 Å². The Labute approximate surface area is 120 Å². The van der Waals surface area contributed by atoms with Gasteiger partial charge in [0.05, 0.1) is 0 Å². The van der Waals surface area contributed by atoms with Crippen LogP contribution in [0.4, 0.5) is 0 Å². The molecule has 2 unspecified atom stereocenters. The molecule has 0 heterocycles. The fourth-order valence-electron chi connectivity index (χ4n) is 3.38. The van der Waals surface area contributed by atoms with Crippen molar-refractivity contribution in [1.29, 1.82) is 0 Å². The molecule has 110 valence electrons. The zero-order chi connectivity index (χ0) is 14.3. The minimum Gasteiger partial charge on any atom is -0.313 e. The highest BCUT2D eigenvalue weighted by atomic mass is 15.1. The molecule has 1 aliphatic rings. The van der Waals surface area contributed by atoms with Crippen molar-refractivity contribution in [3.05, 3.63) is 25.3 Å². The van der Waals surface area contributed by atoms with Crippen molar-refractivity contribution in [2.75, 3.05) is 26.2 Å². The number of nitrogens with one attached hydrogen (secondary N) is 1. The van der Waals surface area contributed by atoms with Gasteiger partial charge in [0.1, 0.15) is 0 Å². The van der Waals surface area contributed by atoms with Crippen molar-refractivity contribution >= 4 is 0 Å². The lowest BCUT2D eigenvalue weighted by atomic mass is 9.84. The number of hydrogen-bond acceptors (Lipinski definition) is 2. The summed E-state index contributed by atoms with van der Waals surface area (Å²) in [6, 6.07) is 0.643. The predicted molar refractivity (Wildman–Crippen MR) is 85.4 cm³/mol. The fraction of sp³-hybridized carbons (Fsp3) is 0.765. The summed E-state index contributed by atoms with van der Waals surface area (Å²) in [6.45, 7) is 19.0. The number of nitrogens with zero attached hydrogens (tertiary/aromatic N) is 1. The molecule has 0 bridgehead atoms. The summed E-state index contributed by atoms with van der Waals surface area (Å²) in [7, 11) is 0. The molecule has 2 nitrogen and oxygen atoms in total. The van der Waals surface area contributed by atoms with E-state index in [0.717, 1.165) is 32.1 Å². The van der Waals surface area contributed by atoms with E-state index in [1.54, 1.807) is 0 Å². The highest BCUT2D eigenvalue weighted by Crippen LogP contribution is 2.41. The maximum atomic E-state index is 3.86. The average molecular weight is 264 g/mol. The summed E-state index contributed by atoms with van der Waals surface area (Å²) < 4.78 is 0. The summed E-state index contributed by atoms with van der Waals surface area (Å²) in [5.41, 5.74) is 0.424. The Morgan fingerprint density at radius 2 is 1.89 bits per heavy atom. The molecule has 0 aromatic carbocycles. The Morgan fingerprint density at radius 3 is 2.42 bits per heavy atom. The van der Waals surface area contributed by atoms with Crippen molar-refractivity contribution < 1.29 is 0 Å². The van der Waals surface area contributed by atoms with Gasteiger partial charge in [-0.25, -0.2) is 0 Å². The Hall–Kier alpha value is -0.600. The molecule has 1 aliphatic carbocycles. The largest absolute Gasteiger partial charge is 0.313 e. The summed E-state index contributed by atoms with van der Waals surface area (Å²) in [5.74, 6) is 0.751. The van der Waals surface area contributed by atoms with Crippen molar-refractivity contribution in [2.24, 2.45) is 11.3 Å². The molecule has 1 fully saturated rings. The number of hydrogen-bond donors (Lipinski definition) is 1. The third-order valence-corrected chi connectivity index (χ3v) is 4.35. The highest BCUT2D eigenvalue weighted by Gasteiger charge is 2.41. The Bertz CT molecular complexity index is 273. The summed E-state index contributed by atoms with van der Waals surface area (Å²) in [5, 5.41) is 3.78. The lowest BCUT2D eigenvalue weighted by Gasteiger charge is -2.34. The van der Waals surface area contributed by atoms with Crippen molar-refractivity contribution in [2.45, 2.75) is 46.1 Å². The van der Waals surface area contributed by atoms with Gasteiger partial charge in [0.25, 0.3) is 0 Å². The topological polar surface area (TPSA) is 15.3 Å². The average Bonchev–Trinajstić information content (AvgIpc) is 2.63. The van der Waals surface area contributed by atoms with Gasteiger partial charge in [-0.15, -0.1) is 13.2 Å². The van der Waals surface area contributed by atoms with Crippen LogP contribution >= 0.6 is 0 Å². The molecule has 19 heavy (non-hydrogen) atoms. The zero-order valence-corrected chi connectivity index (χ0v) is 13.1. The maximum Gasteiger partial charge on any atom is 0.0164 e. The summed E-state index contributed by atoms with van der Waals surface area (Å²) >= 11 is 0. The molecule has 0 radical (unpaired) electrons. The van der Waals surface area contributed by atoms with Crippen LogP contribution in [0.5, 0.6) is 0 Å². The van der Waals surface area contributed by atoms with E-state index in [0.29, 0.717) is 11.5 Å². The first-order valence-electron chi connectivity index (χ1n) is 7.72. The molecular formula is C17H32N2. The SMILES string of the molecule is C=CCN(CC=C)CC1CCC(C)(C)C1NCCC. The predicted octanol–water partition coefficient (Wildman–Crippen LogP) is 3.46. The van der Waals surface area contributed by atoms with E-state index >= 15 is 0 Å². The van der Waals surface area contributed by atoms with Gasteiger partial charge in [0, 0.05) is 25.7 Å². The Kier molecular flexibility index (Phi) is 6.81. The molecule has 0 amide bonds. The van der Waals surface area contributed by atoms with Gasteiger partial charge in [-0.05, 0) is 37.1 Å². The van der Waals surface area contributed by atoms with Crippen molar-refractivity contribution in [1.82, 2.24) is 10.2 Å². The third-order valence-electron chi connectivity index (χ3n) is 4.35. The van der Waals surface area contributed by atoms with Gasteiger partial charge >= 0.3 is 0 Å². The molecule has 0 aromatic heterocycles. The Morgan fingerprint density at radius 1 is 1.26 bits per heavy atom. The van der Waals surface area contributed by atoms with Crippen molar-refractivity contribution in [3.8, 4) is 0 Å². The monoisotopic (exact) mass is 264 g/mol. The van der Waals surface area contributed by atoms with Crippen LogP contribution in [0.15, 0.2) is 25.3 Å². The number of rotatable bonds is 9. The van der Waals surface area contributed by atoms with Gasteiger partial charge in [0.15, 0.2) is 0 Å². The van der Waals surface area contributed by atoms with Crippen LogP contribution in [0.3, 0.4) is 0 Å². The zero-order valence-electron chi connectivity index (χ0n) is 13.1. The second-order valence-corrected chi connectivity index (χ2v) is 6.52. The molecule has 2 atom stereocenters. The summed E-state index contributed by atoms with van der Waals surface area (Å²) in [6.07, 6.45) is 7.87. The highest BCUT2D eigenvalue weighted by molar-refractivity contribution is 4.98. The standard InChI is InChI=1S/C17H32N2/c1-6-11-18-16-15(9-10-17(16,4)5)14-19(12-7-2)13-8-3/h7-8,15-16,18H,2-3,6,9-14H2,1,4-5H3. The van der Waals surface area contributed by atoms with Gasteiger partial charge in [-0.1, -0.05) is 32.9 Å². The van der Waals surface area contributed by atoms with E-state index in [4.69, 9.17) is 0 Å².